The van der Waals surface area contributed by atoms with E-state index >= 15 is 0 Å². The van der Waals surface area contributed by atoms with E-state index in [0.717, 1.165) is 11.2 Å². The molecule has 0 bridgehead atoms. The number of carbonyl (C=O) groups is 3. The molecule has 1 heterocycles. The molecule has 1 aromatic carbocycles. The zero-order valence-corrected chi connectivity index (χ0v) is 15.0. The van der Waals surface area contributed by atoms with Crippen molar-refractivity contribution in [3.8, 4) is 11.8 Å². The Bertz CT molecular complexity index is 539. The van der Waals surface area contributed by atoms with E-state index < -0.39 is 0 Å². The van der Waals surface area contributed by atoms with Gasteiger partial charge in [-0.1, -0.05) is 19.4 Å². The number of imide groups is 1. The van der Waals surface area contributed by atoms with Crippen molar-refractivity contribution in [1.29, 1.82) is 0 Å². The van der Waals surface area contributed by atoms with Crippen LogP contribution in [-0.4, -0.2) is 29.5 Å². The molecule has 1 saturated heterocycles. The van der Waals surface area contributed by atoms with Gasteiger partial charge >= 0.3 is 0 Å². The molecule has 0 saturated carbocycles. The molecule has 0 aromatic heterocycles. The van der Waals surface area contributed by atoms with Crippen LogP contribution >= 0.6 is 0 Å². The molecule has 1 aromatic rings. The van der Waals surface area contributed by atoms with E-state index in [1.165, 1.54) is 0 Å². The van der Waals surface area contributed by atoms with Gasteiger partial charge in [-0.3, -0.25) is 14.5 Å². The summed E-state index contributed by atoms with van der Waals surface area (Å²) in [6.07, 6.45) is 1.29. The first-order valence-corrected chi connectivity index (χ1v) is 6.49. The molecule has 107 valence electrons. The first kappa shape index (κ1) is 19.7. The quantitative estimate of drug-likeness (QED) is 0.350. The minimum absolute atomic E-state index is 0. The summed E-state index contributed by atoms with van der Waals surface area (Å²) < 4.78 is 0. The summed E-state index contributed by atoms with van der Waals surface area (Å²) in [5, 5.41) is 0. The van der Waals surface area contributed by atoms with Crippen LogP contribution in [0.2, 0.25) is 0 Å². The first-order valence-electron chi connectivity index (χ1n) is 6.49. The van der Waals surface area contributed by atoms with E-state index in [1.54, 1.807) is 18.2 Å². The average molecular weight is 359 g/mol. The van der Waals surface area contributed by atoms with Crippen molar-refractivity contribution in [3.05, 3.63) is 35.4 Å². The number of rotatable bonds is 2. The average Bonchev–Trinajstić information content (AvgIpc) is 2.82. The van der Waals surface area contributed by atoms with Crippen molar-refractivity contribution in [1.82, 2.24) is 4.90 Å². The number of hydrogen-bond acceptors (Lipinski definition) is 3. The number of amides is 2. The molecule has 2 amide bonds. The second kappa shape index (κ2) is 10.4. The molecule has 1 aliphatic heterocycles. The van der Waals surface area contributed by atoms with Crippen molar-refractivity contribution >= 4 is 18.1 Å². The fourth-order valence-corrected chi connectivity index (χ4v) is 1.60. The number of carbonyl (C=O) groups excluding carboxylic acids is 3. The standard InChI is InChI=1S/C14H10NO3.C2H6.Y/c16-10-12-5-3-11(4-6-12)2-1-9-15-13(17)7-8-14(15)18;1-2;/h3,5-6,10H,7-9H2;1-2H3;/q-1;;. The van der Waals surface area contributed by atoms with Crippen LogP contribution in [0, 0.1) is 17.9 Å². The van der Waals surface area contributed by atoms with Crippen LogP contribution < -0.4 is 0 Å². The first-order chi connectivity index (χ1) is 9.70. The molecule has 1 aliphatic rings. The number of aldehydes is 1. The van der Waals surface area contributed by atoms with Crippen LogP contribution in [0.3, 0.4) is 0 Å². The van der Waals surface area contributed by atoms with Gasteiger partial charge in [-0.2, -0.15) is 5.92 Å². The third-order valence-electron chi connectivity index (χ3n) is 2.59. The predicted molar refractivity (Wildman–Crippen MR) is 74.8 cm³/mol. The van der Waals surface area contributed by atoms with Gasteiger partial charge in [-0.25, -0.2) is 0 Å². The monoisotopic (exact) mass is 359 g/mol. The molecule has 0 unspecified atom stereocenters. The summed E-state index contributed by atoms with van der Waals surface area (Å²) in [7, 11) is 0. The Hall–Kier alpha value is -1.31. The summed E-state index contributed by atoms with van der Waals surface area (Å²) in [6, 6.07) is 7.70. The number of hydrogen-bond donors (Lipinski definition) is 0. The number of benzene rings is 1. The van der Waals surface area contributed by atoms with E-state index in [9.17, 15) is 14.4 Å². The van der Waals surface area contributed by atoms with Gasteiger partial charge in [-0.05, 0) is 0 Å². The summed E-state index contributed by atoms with van der Waals surface area (Å²) >= 11 is 0. The van der Waals surface area contributed by atoms with Crippen LogP contribution in [0.1, 0.15) is 42.6 Å². The Morgan fingerprint density at radius 3 is 2.33 bits per heavy atom. The minimum Gasteiger partial charge on any atom is -0.309 e. The summed E-state index contributed by atoms with van der Waals surface area (Å²) in [4.78, 5) is 34.2. The van der Waals surface area contributed by atoms with Crippen molar-refractivity contribution in [2.45, 2.75) is 26.7 Å². The van der Waals surface area contributed by atoms with Gasteiger partial charge in [0.25, 0.3) is 0 Å². The molecular weight excluding hydrogens is 343 g/mol. The van der Waals surface area contributed by atoms with E-state index in [1.807, 2.05) is 13.8 Å². The van der Waals surface area contributed by atoms with E-state index in [-0.39, 0.29) is 63.9 Å². The number of nitrogens with zero attached hydrogens (tertiary/aromatic N) is 1. The Labute approximate surface area is 150 Å². The Kier molecular flexibility index (Phi) is 9.78. The maximum absolute atomic E-state index is 11.3. The van der Waals surface area contributed by atoms with Crippen LogP contribution in [0.15, 0.2) is 18.2 Å². The summed E-state index contributed by atoms with van der Waals surface area (Å²) in [6.45, 7) is 4.11. The van der Waals surface area contributed by atoms with Gasteiger partial charge in [0.1, 0.15) is 6.29 Å². The maximum atomic E-state index is 11.3. The molecule has 4 nitrogen and oxygen atoms in total. The Balaban J connectivity index is 0.00000128. The van der Waals surface area contributed by atoms with Gasteiger partial charge in [0.15, 0.2) is 0 Å². The van der Waals surface area contributed by atoms with Crippen LogP contribution in [0.5, 0.6) is 0 Å². The molecule has 0 atom stereocenters. The van der Waals surface area contributed by atoms with E-state index in [0.29, 0.717) is 11.1 Å². The normalized spacial score (nSPS) is 12.6. The predicted octanol–water partition coefficient (Wildman–Crippen LogP) is 1.82. The smallest absolute Gasteiger partial charge is 0.230 e. The van der Waals surface area contributed by atoms with Crippen LogP contribution in [-0.2, 0) is 42.3 Å². The topological polar surface area (TPSA) is 54.5 Å². The largest absolute Gasteiger partial charge is 0.309 e. The van der Waals surface area contributed by atoms with Crippen molar-refractivity contribution in [2.75, 3.05) is 6.54 Å². The fraction of sp³-hybridized carbons (Fsp3) is 0.312. The zero-order chi connectivity index (χ0) is 15.0. The maximum Gasteiger partial charge on any atom is 0.230 e. The third kappa shape index (κ3) is 5.91. The van der Waals surface area contributed by atoms with Crippen molar-refractivity contribution in [3.63, 3.8) is 0 Å². The Morgan fingerprint density at radius 1 is 1.24 bits per heavy atom. The van der Waals surface area contributed by atoms with E-state index in [2.05, 4.69) is 17.9 Å². The van der Waals surface area contributed by atoms with Gasteiger partial charge < -0.3 is 4.79 Å². The molecule has 1 fully saturated rings. The zero-order valence-electron chi connectivity index (χ0n) is 12.2. The fourth-order valence-electron chi connectivity index (χ4n) is 1.60. The SMILES string of the molecule is CC.O=Cc1c[c-]c(C#CCN2C(=O)CCC2=O)cc1.[Y]. The van der Waals surface area contributed by atoms with Gasteiger partial charge in [-0.15, -0.1) is 35.7 Å². The summed E-state index contributed by atoms with van der Waals surface area (Å²) in [5.41, 5.74) is 1.16. The molecular formula is C16H16NO3Y-. The van der Waals surface area contributed by atoms with Gasteiger partial charge in [0.05, 0.1) is 6.54 Å². The molecule has 2 rings (SSSR count). The second-order valence-corrected chi connectivity index (χ2v) is 3.83. The molecule has 21 heavy (non-hydrogen) atoms. The Morgan fingerprint density at radius 2 is 1.86 bits per heavy atom. The number of likely N-dealkylation sites (tertiary alicyclic amines) is 1. The third-order valence-corrected chi connectivity index (χ3v) is 2.59. The van der Waals surface area contributed by atoms with Crippen molar-refractivity contribution in [2.24, 2.45) is 0 Å². The second-order valence-electron chi connectivity index (χ2n) is 3.83. The van der Waals surface area contributed by atoms with Crippen molar-refractivity contribution < 1.29 is 47.1 Å². The molecule has 0 N–H and O–H groups in total. The molecule has 1 radical (unpaired) electrons. The molecule has 0 aliphatic carbocycles. The molecule has 5 heteroatoms. The van der Waals surface area contributed by atoms with Gasteiger partial charge in [0, 0.05) is 45.6 Å². The van der Waals surface area contributed by atoms with Crippen LogP contribution in [0.4, 0.5) is 0 Å². The minimum atomic E-state index is -0.172. The summed E-state index contributed by atoms with van der Waals surface area (Å²) in [5.74, 6) is 5.21. The van der Waals surface area contributed by atoms with Crippen LogP contribution in [0.25, 0.3) is 0 Å². The van der Waals surface area contributed by atoms with Gasteiger partial charge in [0.2, 0.25) is 11.8 Å². The van der Waals surface area contributed by atoms with E-state index in [4.69, 9.17) is 0 Å². The molecule has 0 spiro atoms.